The average Bonchev–Trinajstić information content (AvgIpc) is 2.93. The fourth-order valence-electron chi connectivity index (χ4n) is 3.14. The Morgan fingerprint density at radius 3 is 2.33 bits per heavy atom. The maximum atomic E-state index is 12.7. The van der Waals surface area contributed by atoms with Crippen molar-refractivity contribution in [1.29, 1.82) is 0 Å². The van der Waals surface area contributed by atoms with Crippen LogP contribution >= 0.6 is 0 Å². The lowest BCUT2D eigenvalue weighted by molar-refractivity contribution is -0.150. The summed E-state index contributed by atoms with van der Waals surface area (Å²) in [6.07, 6.45) is 0.504. The number of carbonyl (C=O) groups is 2. The highest BCUT2D eigenvalue weighted by atomic mass is 16.4. The van der Waals surface area contributed by atoms with Crippen molar-refractivity contribution in [3.05, 3.63) is 17.0 Å². The van der Waals surface area contributed by atoms with Crippen LogP contribution in [0.1, 0.15) is 42.0 Å². The lowest BCUT2D eigenvalue weighted by Crippen LogP contribution is -2.40. The minimum Gasteiger partial charge on any atom is -0.481 e. The van der Waals surface area contributed by atoms with Crippen LogP contribution in [0.3, 0.4) is 0 Å². The summed E-state index contributed by atoms with van der Waals surface area (Å²) in [6.45, 7) is 8.23. The fourth-order valence-corrected chi connectivity index (χ4v) is 3.14. The van der Waals surface area contributed by atoms with E-state index >= 15 is 0 Å². The number of carbonyl (C=O) groups excluding carboxylic acids is 1. The molecule has 1 fully saturated rings. The van der Waals surface area contributed by atoms with E-state index < -0.39 is 11.4 Å². The zero-order valence-corrected chi connectivity index (χ0v) is 13.3. The smallest absolute Gasteiger partial charge is 0.311 e. The number of nitrogens with zero attached hydrogens (tertiary/aromatic N) is 3. The highest BCUT2D eigenvalue weighted by molar-refractivity contribution is 5.97. The van der Waals surface area contributed by atoms with Crippen LogP contribution in [-0.2, 0) is 11.8 Å². The van der Waals surface area contributed by atoms with Gasteiger partial charge in [-0.3, -0.25) is 14.3 Å². The van der Waals surface area contributed by atoms with E-state index in [0.29, 0.717) is 24.2 Å². The van der Waals surface area contributed by atoms with Crippen molar-refractivity contribution in [2.45, 2.75) is 34.1 Å². The van der Waals surface area contributed by atoms with Gasteiger partial charge in [-0.2, -0.15) is 5.10 Å². The zero-order valence-electron chi connectivity index (χ0n) is 13.3. The van der Waals surface area contributed by atoms with Crippen molar-refractivity contribution in [2.75, 3.05) is 13.1 Å². The Morgan fingerprint density at radius 1 is 1.33 bits per heavy atom. The quantitative estimate of drug-likeness (QED) is 0.918. The summed E-state index contributed by atoms with van der Waals surface area (Å²) >= 11 is 0. The Kier molecular flexibility index (Phi) is 3.82. The van der Waals surface area contributed by atoms with Gasteiger partial charge >= 0.3 is 5.97 Å². The minimum absolute atomic E-state index is 0.0103. The number of hydrogen-bond donors (Lipinski definition) is 1. The van der Waals surface area contributed by atoms with Crippen molar-refractivity contribution in [1.82, 2.24) is 14.7 Å². The molecule has 0 radical (unpaired) electrons. The number of carboxylic acid groups (broad SMARTS) is 1. The van der Waals surface area contributed by atoms with E-state index in [2.05, 4.69) is 5.10 Å². The molecular weight excluding hydrogens is 270 g/mol. The number of hydrogen-bond acceptors (Lipinski definition) is 3. The van der Waals surface area contributed by atoms with E-state index in [4.69, 9.17) is 0 Å². The van der Waals surface area contributed by atoms with E-state index in [1.54, 1.807) is 16.6 Å². The second-order valence-electron chi connectivity index (χ2n) is 6.26. The van der Waals surface area contributed by atoms with Gasteiger partial charge in [0.1, 0.15) is 0 Å². The van der Waals surface area contributed by atoms with Crippen molar-refractivity contribution in [2.24, 2.45) is 18.4 Å². The Bertz CT molecular complexity index is 591. The third kappa shape index (κ3) is 2.32. The molecule has 1 aromatic heterocycles. The van der Waals surface area contributed by atoms with Crippen molar-refractivity contribution >= 4 is 11.9 Å². The van der Waals surface area contributed by atoms with Crippen LogP contribution in [0.5, 0.6) is 0 Å². The molecule has 1 aliphatic heterocycles. The topological polar surface area (TPSA) is 75.4 Å². The molecule has 1 aliphatic rings. The molecule has 116 valence electrons. The average molecular weight is 293 g/mol. The second kappa shape index (κ2) is 5.16. The molecule has 1 atom stereocenters. The van der Waals surface area contributed by atoms with Crippen LogP contribution < -0.4 is 0 Å². The summed E-state index contributed by atoms with van der Waals surface area (Å²) in [4.78, 5) is 26.0. The molecule has 1 N–H and O–H groups in total. The summed E-state index contributed by atoms with van der Waals surface area (Å²) in [7, 11) is 1.80. The molecule has 6 heteroatoms. The van der Waals surface area contributed by atoms with Crippen LogP contribution in [0.15, 0.2) is 0 Å². The Hall–Kier alpha value is -1.85. The third-order valence-electron chi connectivity index (χ3n) is 4.84. The van der Waals surface area contributed by atoms with Gasteiger partial charge < -0.3 is 10.0 Å². The molecule has 21 heavy (non-hydrogen) atoms. The van der Waals surface area contributed by atoms with Crippen LogP contribution in [0.25, 0.3) is 0 Å². The van der Waals surface area contributed by atoms with E-state index in [9.17, 15) is 14.7 Å². The highest BCUT2D eigenvalue weighted by Crippen LogP contribution is 2.38. The summed E-state index contributed by atoms with van der Waals surface area (Å²) < 4.78 is 1.69. The van der Waals surface area contributed by atoms with Crippen LogP contribution in [0.2, 0.25) is 0 Å². The van der Waals surface area contributed by atoms with Gasteiger partial charge in [0.15, 0.2) is 0 Å². The first-order chi connectivity index (χ1) is 9.70. The number of aliphatic carboxylic acids is 1. The summed E-state index contributed by atoms with van der Waals surface area (Å²) in [5, 5.41) is 13.8. The number of aryl methyl sites for hydroxylation is 2. The molecule has 2 heterocycles. The molecule has 0 bridgehead atoms. The van der Waals surface area contributed by atoms with Gasteiger partial charge in [0.05, 0.1) is 16.7 Å². The van der Waals surface area contributed by atoms with Gasteiger partial charge in [-0.05, 0) is 26.2 Å². The number of rotatable bonds is 3. The second-order valence-corrected chi connectivity index (χ2v) is 6.26. The largest absolute Gasteiger partial charge is 0.481 e. The first-order valence-corrected chi connectivity index (χ1v) is 7.23. The molecule has 0 saturated carbocycles. The fraction of sp³-hybridized carbons (Fsp3) is 0.667. The monoisotopic (exact) mass is 293 g/mol. The Balaban J connectivity index is 2.29. The predicted molar refractivity (Wildman–Crippen MR) is 78.1 cm³/mol. The van der Waals surface area contributed by atoms with E-state index in [1.165, 1.54) is 0 Å². The van der Waals surface area contributed by atoms with Gasteiger partial charge in [-0.1, -0.05) is 13.8 Å². The first-order valence-electron chi connectivity index (χ1n) is 7.23. The SMILES string of the molecule is Cc1nn(C)c(C)c1C(=O)N1CCC(C(=O)O)(C(C)C)C1. The number of carboxylic acids is 1. The molecule has 6 nitrogen and oxygen atoms in total. The standard InChI is InChI=1S/C15H23N3O3/c1-9(2)15(14(20)21)6-7-18(8-15)13(19)12-10(3)16-17(5)11(12)4/h9H,6-8H2,1-5H3,(H,20,21). The molecular formula is C15H23N3O3. The summed E-state index contributed by atoms with van der Waals surface area (Å²) in [5.74, 6) is -0.932. The molecule has 0 spiro atoms. The molecule has 1 amide bonds. The van der Waals surface area contributed by atoms with Crippen LogP contribution in [0, 0.1) is 25.2 Å². The third-order valence-corrected chi connectivity index (χ3v) is 4.84. The maximum absolute atomic E-state index is 12.7. The number of amides is 1. The van der Waals surface area contributed by atoms with E-state index in [1.807, 2.05) is 27.7 Å². The van der Waals surface area contributed by atoms with Crippen molar-refractivity contribution in [3.63, 3.8) is 0 Å². The molecule has 1 aromatic rings. The van der Waals surface area contributed by atoms with Gasteiger partial charge in [0, 0.05) is 25.8 Å². The predicted octanol–water partition coefficient (Wildman–Crippen LogP) is 1.61. The summed E-state index contributed by atoms with van der Waals surface area (Å²) in [5.41, 5.74) is 1.27. The minimum atomic E-state index is -0.834. The lowest BCUT2D eigenvalue weighted by atomic mass is 9.76. The van der Waals surface area contributed by atoms with Crippen molar-refractivity contribution in [3.8, 4) is 0 Å². The molecule has 1 unspecified atom stereocenters. The number of likely N-dealkylation sites (tertiary alicyclic amines) is 1. The highest BCUT2D eigenvalue weighted by Gasteiger charge is 2.48. The van der Waals surface area contributed by atoms with Gasteiger partial charge in [-0.15, -0.1) is 0 Å². The summed E-state index contributed by atoms with van der Waals surface area (Å²) in [6, 6.07) is 0. The van der Waals surface area contributed by atoms with E-state index in [0.717, 1.165) is 5.69 Å². The molecule has 0 aliphatic carbocycles. The van der Waals surface area contributed by atoms with Crippen molar-refractivity contribution < 1.29 is 14.7 Å². The lowest BCUT2D eigenvalue weighted by Gasteiger charge is -2.28. The Morgan fingerprint density at radius 2 is 1.95 bits per heavy atom. The maximum Gasteiger partial charge on any atom is 0.311 e. The van der Waals surface area contributed by atoms with Gasteiger partial charge in [0.25, 0.3) is 5.91 Å². The Labute approximate surface area is 124 Å². The number of aromatic nitrogens is 2. The first kappa shape index (κ1) is 15.5. The van der Waals surface area contributed by atoms with E-state index in [-0.39, 0.29) is 18.4 Å². The van der Waals surface area contributed by atoms with Gasteiger partial charge in [0.2, 0.25) is 0 Å². The molecule has 1 saturated heterocycles. The van der Waals surface area contributed by atoms with Crippen LogP contribution in [0.4, 0.5) is 0 Å². The van der Waals surface area contributed by atoms with Gasteiger partial charge in [-0.25, -0.2) is 0 Å². The zero-order chi connectivity index (χ0) is 15.9. The molecule has 0 aromatic carbocycles. The van der Waals surface area contributed by atoms with Crippen LogP contribution in [-0.4, -0.2) is 44.8 Å². The normalized spacial score (nSPS) is 22.1. The molecule has 2 rings (SSSR count).